The molecular formula is C13H18LiNO3. The van der Waals surface area contributed by atoms with Gasteiger partial charge in [0, 0.05) is 11.2 Å². The monoisotopic (exact) mass is 243 g/mol. The summed E-state index contributed by atoms with van der Waals surface area (Å²) in [4.78, 5) is 15.8. The molecule has 4 nitrogen and oxygen atoms in total. The molecule has 1 aromatic carbocycles. The van der Waals surface area contributed by atoms with Crippen molar-refractivity contribution in [1.82, 2.24) is 0 Å². The summed E-state index contributed by atoms with van der Waals surface area (Å²) in [6.07, 6.45) is 0. The molecule has 0 saturated carbocycles. The van der Waals surface area contributed by atoms with Crippen LogP contribution in [0.25, 0.3) is 0 Å². The number of carbonyl (C=O) groups is 1. The van der Waals surface area contributed by atoms with Crippen LogP contribution in [0, 0.1) is 5.41 Å². The van der Waals surface area contributed by atoms with Crippen molar-refractivity contribution in [2.45, 2.75) is 20.8 Å². The first kappa shape index (κ1) is 16.9. The van der Waals surface area contributed by atoms with Gasteiger partial charge in [0.15, 0.2) is 0 Å². The van der Waals surface area contributed by atoms with Crippen LogP contribution in [0.4, 0.5) is 0 Å². The summed E-state index contributed by atoms with van der Waals surface area (Å²) in [6.45, 7) is 5.50. The van der Waals surface area contributed by atoms with Gasteiger partial charge in [0.2, 0.25) is 5.91 Å². The van der Waals surface area contributed by atoms with Crippen molar-refractivity contribution < 1.29 is 33.1 Å². The summed E-state index contributed by atoms with van der Waals surface area (Å²) in [5.74, 6) is 1.02. The second kappa shape index (κ2) is 6.72. The fourth-order valence-electron chi connectivity index (χ4n) is 1.18. The van der Waals surface area contributed by atoms with E-state index in [1.165, 1.54) is 0 Å². The maximum atomic E-state index is 11.7. The normalized spacial score (nSPS) is 11.7. The molecule has 0 radical (unpaired) electrons. The average molecular weight is 243 g/mol. The van der Waals surface area contributed by atoms with E-state index < -0.39 is 5.41 Å². The zero-order valence-electron chi connectivity index (χ0n) is 11.9. The molecule has 0 atom stereocenters. The minimum atomic E-state index is -0.479. The maximum Gasteiger partial charge on any atom is 1.00 e. The van der Waals surface area contributed by atoms with Crippen LogP contribution in [-0.2, 0) is 4.79 Å². The van der Waals surface area contributed by atoms with E-state index in [0.29, 0.717) is 16.9 Å². The van der Waals surface area contributed by atoms with Crippen LogP contribution in [0.3, 0.4) is 0 Å². The molecule has 0 spiro atoms. The Labute approximate surface area is 120 Å². The van der Waals surface area contributed by atoms with Crippen molar-refractivity contribution in [3.63, 3.8) is 0 Å². The van der Waals surface area contributed by atoms with Crippen molar-refractivity contribution >= 4 is 5.91 Å². The topological polar surface area (TPSA) is 47.9 Å². The molecule has 0 aromatic heterocycles. The Hall–Kier alpha value is -1.11. The van der Waals surface area contributed by atoms with E-state index in [2.05, 4.69) is 4.99 Å². The number of ether oxygens (including phenoxy) is 2. The third kappa shape index (κ3) is 4.28. The Morgan fingerprint density at radius 3 is 2.28 bits per heavy atom. The van der Waals surface area contributed by atoms with Crippen LogP contribution in [-0.4, -0.2) is 20.1 Å². The summed E-state index contributed by atoms with van der Waals surface area (Å²) in [5.41, 5.74) is -0.479. The average Bonchev–Trinajstić information content (AvgIpc) is 2.27. The fourth-order valence-corrected chi connectivity index (χ4v) is 1.18. The molecule has 5 heteroatoms. The number of carbonyl (C=O) groups excluding carboxylic acids is 1. The molecule has 94 valence electrons. The van der Waals surface area contributed by atoms with Gasteiger partial charge >= 0.3 is 18.9 Å². The standard InChI is InChI=1S/C13H18NO3.Li/c1-13(2,3)12(15)14-9-6-7-10(16-4)11(8-9)17-5;/h6-8H,1-5H3;/q-1;+1. The van der Waals surface area contributed by atoms with E-state index in [-0.39, 0.29) is 24.8 Å². The van der Waals surface area contributed by atoms with Gasteiger partial charge in [0.1, 0.15) is 0 Å². The van der Waals surface area contributed by atoms with E-state index in [4.69, 9.17) is 9.47 Å². The van der Waals surface area contributed by atoms with E-state index in [9.17, 15) is 4.79 Å². The quantitative estimate of drug-likeness (QED) is 0.489. The molecule has 1 aromatic rings. The Bertz CT molecular complexity index is 472. The predicted octanol–water partition coefficient (Wildman–Crippen LogP) is -1.10. The molecule has 0 aliphatic heterocycles. The number of benzene rings is 1. The van der Waals surface area contributed by atoms with Crippen LogP contribution >= 0.6 is 0 Å². The van der Waals surface area contributed by atoms with E-state index in [1.54, 1.807) is 32.4 Å². The summed E-state index contributed by atoms with van der Waals surface area (Å²) < 4.78 is 10.3. The molecule has 1 amide bonds. The summed E-state index contributed by atoms with van der Waals surface area (Å²) >= 11 is 0. The summed E-state index contributed by atoms with van der Waals surface area (Å²) in [6, 6.07) is 5.14. The van der Waals surface area contributed by atoms with Gasteiger partial charge in [-0.3, -0.25) is 4.79 Å². The molecule has 0 bridgehead atoms. The second-order valence-corrected chi connectivity index (χ2v) is 4.71. The molecule has 1 rings (SSSR count). The first-order valence-corrected chi connectivity index (χ1v) is 5.36. The van der Waals surface area contributed by atoms with E-state index in [0.717, 1.165) is 0 Å². The van der Waals surface area contributed by atoms with Gasteiger partial charge in [-0.25, -0.2) is 4.99 Å². The largest absolute Gasteiger partial charge is 1.00 e. The predicted molar refractivity (Wildman–Crippen MR) is 65.2 cm³/mol. The first-order chi connectivity index (χ1) is 7.88. The third-order valence-corrected chi connectivity index (χ3v) is 2.24. The Kier molecular flexibility index (Phi) is 6.31. The number of methoxy groups -OCH3 is 2. The van der Waals surface area contributed by atoms with Crippen LogP contribution in [0.15, 0.2) is 23.2 Å². The van der Waals surface area contributed by atoms with Crippen molar-refractivity contribution in [3.8, 4) is 11.5 Å². The van der Waals surface area contributed by atoms with Gasteiger partial charge < -0.3 is 9.47 Å². The van der Waals surface area contributed by atoms with E-state index in [1.807, 2.05) is 20.8 Å². The van der Waals surface area contributed by atoms with Gasteiger partial charge in [-0.15, -0.1) is 12.1 Å². The van der Waals surface area contributed by atoms with E-state index >= 15 is 0 Å². The van der Waals surface area contributed by atoms with Gasteiger partial charge in [-0.1, -0.05) is 26.8 Å². The molecule has 0 fully saturated rings. The molecule has 0 N–H and O–H groups in total. The zero-order valence-corrected chi connectivity index (χ0v) is 11.9. The molecular weight excluding hydrogens is 225 g/mol. The number of hydrogen-bond acceptors (Lipinski definition) is 3. The number of rotatable bonds is 2. The molecule has 0 saturated heterocycles. The van der Waals surface area contributed by atoms with Gasteiger partial charge in [0.25, 0.3) is 0 Å². The third-order valence-electron chi connectivity index (χ3n) is 2.24. The van der Waals surface area contributed by atoms with Crippen molar-refractivity contribution in [2.75, 3.05) is 14.2 Å². The van der Waals surface area contributed by atoms with Crippen molar-refractivity contribution in [2.24, 2.45) is 10.4 Å². The summed E-state index contributed by atoms with van der Waals surface area (Å²) in [5, 5.41) is 0.572. The number of amides is 1. The molecule has 0 unspecified atom stereocenters. The maximum absolute atomic E-state index is 11.7. The first-order valence-electron chi connectivity index (χ1n) is 5.36. The minimum absolute atomic E-state index is 0. The van der Waals surface area contributed by atoms with Crippen molar-refractivity contribution in [3.05, 3.63) is 23.6 Å². The van der Waals surface area contributed by atoms with Crippen molar-refractivity contribution in [1.29, 1.82) is 0 Å². The Morgan fingerprint density at radius 2 is 1.83 bits per heavy atom. The molecule has 0 aliphatic rings. The van der Waals surface area contributed by atoms with Gasteiger partial charge in [0.05, 0.1) is 20.0 Å². The number of nitrogens with zero attached hydrogens (tertiary/aromatic N) is 1. The molecule has 0 heterocycles. The van der Waals surface area contributed by atoms with Gasteiger partial charge in [-0.05, 0) is 5.36 Å². The van der Waals surface area contributed by atoms with Crippen LogP contribution in [0.2, 0.25) is 0 Å². The smallest absolute Gasteiger partial charge is 0.551 e. The Balaban J connectivity index is 0.00000289. The Morgan fingerprint density at radius 1 is 1.22 bits per heavy atom. The van der Waals surface area contributed by atoms with Gasteiger partial charge in [-0.2, -0.15) is 0 Å². The fraction of sp³-hybridized carbons (Fsp3) is 0.462. The van der Waals surface area contributed by atoms with Crippen LogP contribution < -0.4 is 33.7 Å². The molecule has 0 aliphatic carbocycles. The zero-order chi connectivity index (χ0) is 13.1. The molecule has 18 heavy (non-hydrogen) atoms. The van der Waals surface area contributed by atoms with Crippen LogP contribution in [0.5, 0.6) is 11.5 Å². The van der Waals surface area contributed by atoms with Crippen LogP contribution in [0.1, 0.15) is 20.8 Å². The SMILES string of the molecule is COc1ccc(=NC(=O)C(C)(C)C)[cH-]c1OC.[Li+]. The summed E-state index contributed by atoms with van der Waals surface area (Å²) in [7, 11) is 3.11. The second-order valence-electron chi connectivity index (χ2n) is 4.71. The number of hydrogen-bond donors (Lipinski definition) is 0. The minimum Gasteiger partial charge on any atom is -0.551 e.